The minimum atomic E-state index is -0.209. The smallest absolute Gasteiger partial charge is 0.196 e. The van der Waals surface area contributed by atoms with E-state index in [1.54, 1.807) is 0 Å². The molecule has 0 saturated heterocycles. The standard InChI is InChI=1S/C37H29N3O/c1-25(27-11-5-2-6-12-27)39-36(30-13-7-3-8-14-30)38-24-26-17-18-28-19-20-29-21-22-33-35(34(29)32(28)23-26)41-37(40-33)31-15-9-4-10-16-31/h2-23,37,40H,24H2,1H3/b38-36-,39-25+. The maximum Gasteiger partial charge on any atom is 0.196 e. The molecule has 1 aliphatic rings. The molecule has 0 aliphatic carbocycles. The first-order valence-corrected chi connectivity index (χ1v) is 13.9. The average Bonchev–Trinajstić information content (AvgIpc) is 3.49. The van der Waals surface area contributed by atoms with Crippen LogP contribution in [0.1, 0.15) is 35.4 Å². The molecule has 1 atom stereocenters. The lowest BCUT2D eigenvalue weighted by Gasteiger charge is -2.12. The molecule has 6 aromatic carbocycles. The fourth-order valence-corrected chi connectivity index (χ4v) is 5.41. The minimum Gasteiger partial charge on any atom is -0.464 e. The van der Waals surface area contributed by atoms with Crippen LogP contribution in [0, 0.1) is 0 Å². The van der Waals surface area contributed by atoms with E-state index in [0.717, 1.165) is 61.4 Å². The summed E-state index contributed by atoms with van der Waals surface area (Å²) in [6.45, 7) is 2.55. The summed E-state index contributed by atoms with van der Waals surface area (Å²) in [5, 5.41) is 8.16. The number of amidine groups is 1. The van der Waals surface area contributed by atoms with Gasteiger partial charge in [-0.1, -0.05) is 121 Å². The highest BCUT2D eigenvalue weighted by molar-refractivity contribution is 6.13. The molecule has 6 aromatic rings. The average molecular weight is 532 g/mol. The van der Waals surface area contributed by atoms with Gasteiger partial charge in [0, 0.05) is 22.2 Å². The predicted octanol–water partition coefficient (Wildman–Crippen LogP) is 8.95. The minimum absolute atomic E-state index is 0.209. The van der Waals surface area contributed by atoms with Crippen molar-refractivity contribution in [2.24, 2.45) is 9.98 Å². The Morgan fingerprint density at radius 1 is 0.707 bits per heavy atom. The van der Waals surface area contributed by atoms with Gasteiger partial charge in [-0.25, -0.2) is 4.99 Å². The van der Waals surface area contributed by atoms with Crippen LogP contribution < -0.4 is 10.1 Å². The molecule has 0 fully saturated rings. The number of benzene rings is 6. The van der Waals surface area contributed by atoms with Crippen molar-refractivity contribution in [1.82, 2.24) is 0 Å². The van der Waals surface area contributed by atoms with Crippen LogP contribution >= 0.6 is 0 Å². The van der Waals surface area contributed by atoms with Crippen molar-refractivity contribution in [3.63, 3.8) is 0 Å². The van der Waals surface area contributed by atoms with Crippen molar-refractivity contribution in [2.45, 2.75) is 19.7 Å². The Labute approximate surface area is 239 Å². The van der Waals surface area contributed by atoms with E-state index in [0.29, 0.717) is 6.54 Å². The maximum absolute atomic E-state index is 6.54. The summed E-state index contributed by atoms with van der Waals surface area (Å²) in [7, 11) is 0. The molecule has 0 aromatic heterocycles. The number of nitrogens with one attached hydrogen (secondary N) is 1. The van der Waals surface area contributed by atoms with Crippen LogP contribution in [-0.2, 0) is 6.54 Å². The fraction of sp³-hybridized carbons (Fsp3) is 0.0811. The summed E-state index contributed by atoms with van der Waals surface area (Å²) in [4.78, 5) is 9.99. The number of fused-ring (bicyclic) bond motifs is 5. The summed E-state index contributed by atoms with van der Waals surface area (Å²) in [6.07, 6.45) is -0.209. The molecule has 0 radical (unpaired) electrons. The van der Waals surface area contributed by atoms with Crippen LogP contribution in [-0.4, -0.2) is 11.5 Å². The number of hydrogen-bond donors (Lipinski definition) is 1. The SMILES string of the molecule is C/C(=N\C(=N/Cc1ccc2ccc3ccc4c(c3c2c1)OC(c1ccccc1)N4)c1ccccc1)c1ccccc1. The third-order valence-corrected chi connectivity index (χ3v) is 7.55. The van der Waals surface area contributed by atoms with E-state index in [-0.39, 0.29) is 6.23 Å². The second-order valence-corrected chi connectivity index (χ2v) is 10.3. The molecular formula is C37H29N3O. The molecular weight excluding hydrogens is 502 g/mol. The first kappa shape index (κ1) is 24.8. The van der Waals surface area contributed by atoms with Gasteiger partial charge in [-0.3, -0.25) is 4.99 Å². The van der Waals surface area contributed by atoms with Gasteiger partial charge in [-0.15, -0.1) is 0 Å². The monoisotopic (exact) mass is 531 g/mol. The lowest BCUT2D eigenvalue weighted by Crippen LogP contribution is -2.09. The van der Waals surface area contributed by atoms with Crippen LogP contribution in [0.2, 0.25) is 0 Å². The molecule has 0 bridgehead atoms. The van der Waals surface area contributed by atoms with E-state index in [2.05, 4.69) is 84.2 Å². The number of ether oxygens (including phenoxy) is 1. The summed E-state index contributed by atoms with van der Waals surface area (Å²) < 4.78 is 6.54. The quantitative estimate of drug-likeness (QED) is 0.137. The van der Waals surface area contributed by atoms with E-state index < -0.39 is 0 Å². The third kappa shape index (κ3) is 4.96. The first-order valence-electron chi connectivity index (χ1n) is 13.9. The Morgan fingerprint density at radius 2 is 1.34 bits per heavy atom. The molecule has 1 N–H and O–H groups in total. The Bertz CT molecular complexity index is 1910. The van der Waals surface area contributed by atoms with Gasteiger partial charge in [0.1, 0.15) is 0 Å². The zero-order valence-corrected chi connectivity index (χ0v) is 22.8. The van der Waals surface area contributed by atoms with Gasteiger partial charge in [-0.05, 0) is 46.3 Å². The fourth-order valence-electron chi connectivity index (χ4n) is 5.41. The maximum atomic E-state index is 6.54. The van der Waals surface area contributed by atoms with Crippen LogP contribution in [0.3, 0.4) is 0 Å². The van der Waals surface area contributed by atoms with Crippen molar-refractivity contribution in [3.05, 3.63) is 156 Å². The zero-order chi connectivity index (χ0) is 27.6. The van der Waals surface area contributed by atoms with E-state index in [4.69, 9.17) is 14.7 Å². The third-order valence-electron chi connectivity index (χ3n) is 7.55. The van der Waals surface area contributed by atoms with E-state index >= 15 is 0 Å². The van der Waals surface area contributed by atoms with Gasteiger partial charge in [0.05, 0.1) is 12.2 Å². The highest BCUT2D eigenvalue weighted by Gasteiger charge is 2.26. The van der Waals surface area contributed by atoms with Crippen molar-refractivity contribution >= 4 is 38.8 Å². The molecule has 1 unspecified atom stereocenters. The number of nitrogens with zero attached hydrogens (tertiary/aromatic N) is 2. The second kappa shape index (κ2) is 10.7. The Kier molecular flexibility index (Phi) is 6.50. The summed E-state index contributed by atoms with van der Waals surface area (Å²) in [6, 6.07) is 45.9. The van der Waals surface area contributed by atoms with Gasteiger partial charge in [0.25, 0.3) is 0 Å². The summed E-state index contributed by atoms with van der Waals surface area (Å²) >= 11 is 0. The first-order chi connectivity index (χ1) is 20.2. The van der Waals surface area contributed by atoms with Gasteiger partial charge >= 0.3 is 0 Å². The molecule has 198 valence electrons. The Morgan fingerprint density at radius 3 is 2.10 bits per heavy atom. The van der Waals surface area contributed by atoms with E-state index in [1.165, 1.54) is 5.39 Å². The second-order valence-electron chi connectivity index (χ2n) is 10.3. The largest absolute Gasteiger partial charge is 0.464 e. The highest BCUT2D eigenvalue weighted by atomic mass is 16.5. The number of aliphatic imine (C=N–C) groups is 2. The van der Waals surface area contributed by atoms with Crippen LogP contribution in [0.5, 0.6) is 5.75 Å². The molecule has 4 heteroatoms. The lowest BCUT2D eigenvalue weighted by atomic mass is 9.98. The van der Waals surface area contributed by atoms with E-state index in [1.807, 2.05) is 61.5 Å². The van der Waals surface area contributed by atoms with Gasteiger partial charge in [-0.2, -0.15) is 0 Å². The Hall–Kier alpha value is -5.22. The molecule has 0 saturated carbocycles. The van der Waals surface area contributed by atoms with Crippen LogP contribution in [0.15, 0.2) is 143 Å². The summed E-state index contributed by atoms with van der Waals surface area (Å²) in [5.74, 6) is 1.62. The molecule has 0 amide bonds. The number of anilines is 1. The van der Waals surface area contributed by atoms with Crippen molar-refractivity contribution in [3.8, 4) is 5.75 Å². The van der Waals surface area contributed by atoms with Gasteiger partial charge in [0.15, 0.2) is 17.8 Å². The predicted molar refractivity (Wildman–Crippen MR) is 170 cm³/mol. The molecule has 1 heterocycles. The normalized spacial score (nSPS) is 15.0. The van der Waals surface area contributed by atoms with Gasteiger partial charge < -0.3 is 10.1 Å². The zero-order valence-electron chi connectivity index (χ0n) is 22.8. The molecule has 7 rings (SSSR count). The lowest BCUT2D eigenvalue weighted by molar-refractivity contribution is 0.263. The Balaban J connectivity index is 1.28. The van der Waals surface area contributed by atoms with Crippen LogP contribution in [0.4, 0.5) is 5.69 Å². The molecule has 4 nitrogen and oxygen atoms in total. The molecule has 41 heavy (non-hydrogen) atoms. The summed E-state index contributed by atoms with van der Waals surface area (Å²) in [5.41, 5.74) is 6.26. The molecule has 1 aliphatic heterocycles. The van der Waals surface area contributed by atoms with Crippen LogP contribution in [0.25, 0.3) is 21.5 Å². The highest BCUT2D eigenvalue weighted by Crippen LogP contribution is 2.45. The van der Waals surface area contributed by atoms with Crippen molar-refractivity contribution in [1.29, 1.82) is 0 Å². The van der Waals surface area contributed by atoms with Gasteiger partial charge in [0.2, 0.25) is 0 Å². The van der Waals surface area contributed by atoms with Crippen molar-refractivity contribution in [2.75, 3.05) is 5.32 Å². The number of rotatable bonds is 5. The van der Waals surface area contributed by atoms with Crippen molar-refractivity contribution < 1.29 is 4.74 Å². The topological polar surface area (TPSA) is 46.0 Å². The van der Waals surface area contributed by atoms with E-state index in [9.17, 15) is 0 Å². The number of hydrogen-bond acceptors (Lipinski definition) is 3. The molecule has 0 spiro atoms.